The van der Waals surface area contributed by atoms with E-state index in [0.29, 0.717) is 18.9 Å². The Morgan fingerprint density at radius 2 is 1.78 bits per heavy atom. The van der Waals surface area contributed by atoms with Gasteiger partial charge in [0, 0.05) is 19.1 Å². The molecule has 0 fully saturated rings. The minimum Gasteiger partial charge on any atom is -0.481 e. The van der Waals surface area contributed by atoms with E-state index < -0.39 is 12.1 Å². The third kappa shape index (κ3) is 8.98. The lowest BCUT2D eigenvalue weighted by atomic mass is 10.1. The van der Waals surface area contributed by atoms with Crippen LogP contribution >= 0.6 is 0 Å². The molecule has 0 heterocycles. The number of nitrogens with one attached hydrogen (secondary N) is 1. The van der Waals surface area contributed by atoms with E-state index in [1.807, 2.05) is 0 Å². The SMILES string of the molecule is CC(C)CCOC(C)C(=O)NC(C)CCC(=O)O. The number of amides is 1. The Labute approximate surface area is 109 Å². The number of aliphatic carboxylic acids is 1. The normalized spacial score (nSPS) is 14.3. The second kappa shape index (κ2) is 8.91. The molecule has 0 rings (SSSR count). The monoisotopic (exact) mass is 259 g/mol. The summed E-state index contributed by atoms with van der Waals surface area (Å²) in [6, 6.07) is -0.148. The lowest BCUT2D eigenvalue weighted by Crippen LogP contribution is -2.40. The first-order valence-electron chi connectivity index (χ1n) is 6.46. The van der Waals surface area contributed by atoms with Gasteiger partial charge in [0.2, 0.25) is 5.91 Å². The van der Waals surface area contributed by atoms with E-state index in [1.54, 1.807) is 13.8 Å². The maximum atomic E-state index is 11.7. The Kier molecular flexibility index (Phi) is 8.37. The average molecular weight is 259 g/mol. The summed E-state index contributed by atoms with van der Waals surface area (Å²) < 4.78 is 5.41. The predicted octanol–water partition coefficient (Wildman–Crippen LogP) is 1.81. The van der Waals surface area contributed by atoms with Gasteiger partial charge in [-0.1, -0.05) is 13.8 Å². The molecule has 0 bridgehead atoms. The third-order valence-corrected chi connectivity index (χ3v) is 2.61. The van der Waals surface area contributed by atoms with Crippen molar-refractivity contribution in [3.05, 3.63) is 0 Å². The molecule has 0 saturated carbocycles. The van der Waals surface area contributed by atoms with E-state index in [1.165, 1.54) is 0 Å². The summed E-state index contributed by atoms with van der Waals surface area (Å²) in [4.78, 5) is 22.1. The van der Waals surface area contributed by atoms with E-state index >= 15 is 0 Å². The van der Waals surface area contributed by atoms with Crippen molar-refractivity contribution >= 4 is 11.9 Å². The lowest BCUT2D eigenvalue weighted by Gasteiger charge is -2.18. The molecule has 0 aliphatic heterocycles. The molecule has 0 aromatic heterocycles. The molecule has 2 unspecified atom stereocenters. The summed E-state index contributed by atoms with van der Waals surface area (Å²) in [5.74, 6) is -0.483. The smallest absolute Gasteiger partial charge is 0.303 e. The predicted molar refractivity (Wildman–Crippen MR) is 69.3 cm³/mol. The lowest BCUT2D eigenvalue weighted by molar-refractivity contribution is -0.138. The minimum atomic E-state index is -0.850. The Bertz CT molecular complexity index is 266. The number of carbonyl (C=O) groups excluding carboxylic acids is 1. The van der Waals surface area contributed by atoms with Crippen molar-refractivity contribution in [3.8, 4) is 0 Å². The fourth-order valence-corrected chi connectivity index (χ4v) is 1.33. The van der Waals surface area contributed by atoms with E-state index in [0.717, 1.165) is 6.42 Å². The minimum absolute atomic E-state index is 0.0596. The molecule has 18 heavy (non-hydrogen) atoms. The van der Waals surface area contributed by atoms with Crippen LogP contribution in [0.3, 0.4) is 0 Å². The number of hydrogen-bond acceptors (Lipinski definition) is 3. The van der Waals surface area contributed by atoms with Gasteiger partial charge in [-0.2, -0.15) is 0 Å². The van der Waals surface area contributed by atoms with Crippen LogP contribution < -0.4 is 5.32 Å². The van der Waals surface area contributed by atoms with Crippen molar-refractivity contribution in [1.29, 1.82) is 0 Å². The molecular weight excluding hydrogens is 234 g/mol. The van der Waals surface area contributed by atoms with E-state index in [9.17, 15) is 9.59 Å². The number of hydrogen-bond donors (Lipinski definition) is 2. The summed E-state index contributed by atoms with van der Waals surface area (Å²) in [6.07, 6.45) is 0.923. The van der Waals surface area contributed by atoms with Crippen LogP contribution in [0.2, 0.25) is 0 Å². The Morgan fingerprint density at radius 3 is 2.28 bits per heavy atom. The maximum absolute atomic E-state index is 11.7. The molecule has 1 amide bonds. The number of carboxylic acids is 1. The van der Waals surface area contributed by atoms with Crippen LogP contribution in [-0.4, -0.2) is 35.7 Å². The van der Waals surface area contributed by atoms with E-state index in [4.69, 9.17) is 9.84 Å². The number of rotatable bonds is 9. The second-order valence-corrected chi connectivity index (χ2v) is 5.04. The molecule has 0 saturated heterocycles. The highest BCUT2D eigenvalue weighted by molar-refractivity contribution is 5.80. The van der Waals surface area contributed by atoms with E-state index in [-0.39, 0.29) is 18.4 Å². The van der Waals surface area contributed by atoms with Gasteiger partial charge in [0.05, 0.1) is 0 Å². The van der Waals surface area contributed by atoms with Crippen LogP contribution in [0.1, 0.15) is 47.0 Å². The third-order valence-electron chi connectivity index (χ3n) is 2.61. The molecule has 0 aliphatic carbocycles. The van der Waals surface area contributed by atoms with Gasteiger partial charge in [0.1, 0.15) is 6.10 Å². The van der Waals surface area contributed by atoms with Crippen LogP contribution in [0.25, 0.3) is 0 Å². The van der Waals surface area contributed by atoms with Crippen molar-refractivity contribution in [1.82, 2.24) is 5.32 Å². The molecule has 0 aromatic carbocycles. The van der Waals surface area contributed by atoms with Crippen LogP contribution in [-0.2, 0) is 14.3 Å². The Morgan fingerprint density at radius 1 is 1.17 bits per heavy atom. The first-order chi connectivity index (χ1) is 8.32. The van der Waals surface area contributed by atoms with Gasteiger partial charge in [0.25, 0.3) is 0 Å². The molecule has 2 N–H and O–H groups in total. The summed E-state index contributed by atoms with van der Waals surface area (Å²) in [7, 11) is 0. The van der Waals surface area contributed by atoms with Gasteiger partial charge in [-0.3, -0.25) is 9.59 Å². The maximum Gasteiger partial charge on any atom is 0.303 e. The van der Waals surface area contributed by atoms with Crippen LogP contribution in [0.4, 0.5) is 0 Å². The molecule has 0 spiro atoms. The highest BCUT2D eigenvalue weighted by atomic mass is 16.5. The molecule has 106 valence electrons. The second-order valence-electron chi connectivity index (χ2n) is 5.04. The number of carboxylic acid groups (broad SMARTS) is 1. The van der Waals surface area contributed by atoms with Crippen molar-refractivity contribution in [3.63, 3.8) is 0 Å². The van der Waals surface area contributed by atoms with Gasteiger partial charge < -0.3 is 15.2 Å². The largest absolute Gasteiger partial charge is 0.481 e. The zero-order chi connectivity index (χ0) is 14.1. The molecule has 0 radical (unpaired) electrons. The summed E-state index contributed by atoms with van der Waals surface area (Å²) in [5.41, 5.74) is 0. The fourth-order valence-electron chi connectivity index (χ4n) is 1.33. The fraction of sp³-hybridized carbons (Fsp3) is 0.846. The zero-order valence-corrected chi connectivity index (χ0v) is 11.7. The average Bonchev–Trinajstić information content (AvgIpc) is 2.25. The molecule has 5 nitrogen and oxygen atoms in total. The van der Waals surface area contributed by atoms with Gasteiger partial charge in [-0.05, 0) is 32.6 Å². The summed E-state index contributed by atoms with van der Waals surface area (Å²) in [5, 5.41) is 11.3. The summed E-state index contributed by atoms with van der Waals surface area (Å²) in [6.45, 7) is 8.27. The number of carbonyl (C=O) groups is 2. The van der Waals surface area contributed by atoms with Gasteiger partial charge in [-0.15, -0.1) is 0 Å². The van der Waals surface area contributed by atoms with Gasteiger partial charge in [0.15, 0.2) is 0 Å². The highest BCUT2D eigenvalue weighted by Gasteiger charge is 2.16. The molecular formula is C13H25NO4. The molecule has 0 aliphatic rings. The van der Waals surface area contributed by atoms with Gasteiger partial charge >= 0.3 is 5.97 Å². The molecule has 5 heteroatoms. The quantitative estimate of drug-likeness (QED) is 0.662. The molecule has 2 atom stereocenters. The van der Waals surface area contributed by atoms with Crippen molar-refractivity contribution < 1.29 is 19.4 Å². The van der Waals surface area contributed by atoms with Crippen LogP contribution in [0, 0.1) is 5.92 Å². The summed E-state index contributed by atoms with van der Waals surface area (Å²) >= 11 is 0. The van der Waals surface area contributed by atoms with Gasteiger partial charge in [-0.25, -0.2) is 0 Å². The van der Waals surface area contributed by atoms with E-state index in [2.05, 4.69) is 19.2 Å². The topological polar surface area (TPSA) is 75.6 Å². The first-order valence-corrected chi connectivity index (χ1v) is 6.46. The Balaban J connectivity index is 3.81. The first kappa shape index (κ1) is 16.9. The van der Waals surface area contributed by atoms with Crippen molar-refractivity contribution in [2.45, 2.75) is 59.1 Å². The number of ether oxygens (including phenoxy) is 1. The van der Waals surface area contributed by atoms with Crippen LogP contribution in [0.15, 0.2) is 0 Å². The van der Waals surface area contributed by atoms with Crippen molar-refractivity contribution in [2.24, 2.45) is 5.92 Å². The standard InChI is InChI=1S/C13H25NO4/c1-9(2)7-8-18-11(4)13(17)14-10(3)5-6-12(15)16/h9-11H,5-8H2,1-4H3,(H,14,17)(H,15,16). The van der Waals surface area contributed by atoms with Crippen molar-refractivity contribution in [2.75, 3.05) is 6.61 Å². The molecule has 0 aromatic rings. The highest BCUT2D eigenvalue weighted by Crippen LogP contribution is 2.03. The van der Waals surface area contributed by atoms with Crippen LogP contribution in [0.5, 0.6) is 0 Å². The Hall–Kier alpha value is -1.10. The zero-order valence-electron chi connectivity index (χ0n) is 11.7.